The van der Waals surface area contributed by atoms with Crippen LogP contribution in [0.25, 0.3) is 0 Å². The van der Waals surface area contributed by atoms with Crippen LogP contribution in [-0.2, 0) is 23.4 Å². The fourth-order valence-corrected chi connectivity index (χ4v) is 2.61. The fourth-order valence-electron chi connectivity index (χ4n) is 2.48. The lowest BCUT2D eigenvalue weighted by Crippen LogP contribution is -2.38. The van der Waals surface area contributed by atoms with Gasteiger partial charge in [0.15, 0.2) is 0 Å². The van der Waals surface area contributed by atoms with Crippen LogP contribution in [-0.4, -0.2) is 26.9 Å². The van der Waals surface area contributed by atoms with Crippen LogP contribution in [0.4, 0.5) is 0 Å². The predicted octanol–water partition coefficient (Wildman–Crippen LogP) is 2.23. The maximum atomic E-state index is 12.1. The lowest BCUT2D eigenvalue weighted by atomic mass is 10.0. The Balaban J connectivity index is 1.52. The first-order valence-corrected chi connectivity index (χ1v) is 8.49. The van der Waals surface area contributed by atoms with Gasteiger partial charge in [-0.15, -0.1) is 5.10 Å². The number of rotatable bonds is 7. The summed E-state index contributed by atoms with van der Waals surface area (Å²) in [6, 6.07) is 7.97. The Hall–Kier alpha value is -1.92. The molecule has 7 heteroatoms. The zero-order valence-corrected chi connectivity index (χ0v) is 14.7. The van der Waals surface area contributed by atoms with Gasteiger partial charge in [0.1, 0.15) is 12.2 Å². The smallest absolute Gasteiger partial charge is 0.242 e. The van der Waals surface area contributed by atoms with Crippen molar-refractivity contribution >= 4 is 17.5 Å². The van der Waals surface area contributed by atoms with Gasteiger partial charge in [-0.2, -0.15) is 0 Å². The summed E-state index contributed by atoms with van der Waals surface area (Å²) >= 11 is 5.85. The minimum atomic E-state index is -0.237. The van der Waals surface area contributed by atoms with Crippen molar-refractivity contribution in [2.24, 2.45) is 0 Å². The molecule has 1 heterocycles. The molecule has 24 heavy (non-hydrogen) atoms. The Morgan fingerprint density at radius 2 is 2.04 bits per heavy atom. The number of nitrogens with zero attached hydrogens (tertiary/aromatic N) is 3. The standard InChI is InChI=1S/C17H22ClN5O/c1-17(2,20-14-7-8-14)15-10-23(22-21-15)11-16(24)19-9-12-3-5-13(18)6-4-12/h3-6,10,14,20H,7-9,11H2,1-2H3,(H,19,24). The number of hydrogen-bond donors (Lipinski definition) is 2. The third kappa shape index (κ3) is 4.55. The van der Waals surface area contributed by atoms with Crippen LogP contribution in [0, 0.1) is 0 Å². The number of carbonyl (C=O) groups excluding carboxylic acids is 1. The summed E-state index contributed by atoms with van der Waals surface area (Å²) in [5, 5.41) is 15.4. The maximum absolute atomic E-state index is 12.1. The molecule has 1 fully saturated rings. The first kappa shape index (κ1) is 16.9. The highest BCUT2D eigenvalue weighted by atomic mass is 35.5. The van der Waals surface area contributed by atoms with Gasteiger partial charge in [-0.3, -0.25) is 4.79 Å². The van der Waals surface area contributed by atoms with Gasteiger partial charge in [-0.25, -0.2) is 4.68 Å². The summed E-state index contributed by atoms with van der Waals surface area (Å²) < 4.78 is 1.57. The van der Waals surface area contributed by atoms with E-state index >= 15 is 0 Å². The number of benzene rings is 1. The largest absolute Gasteiger partial charge is 0.350 e. The number of halogens is 1. The van der Waals surface area contributed by atoms with Crippen LogP contribution in [0.5, 0.6) is 0 Å². The predicted molar refractivity (Wildman–Crippen MR) is 92.5 cm³/mol. The third-order valence-electron chi connectivity index (χ3n) is 4.03. The third-order valence-corrected chi connectivity index (χ3v) is 4.28. The highest BCUT2D eigenvalue weighted by Gasteiger charge is 2.32. The number of carbonyl (C=O) groups is 1. The van der Waals surface area contributed by atoms with Gasteiger partial charge in [0.05, 0.1) is 11.7 Å². The van der Waals surface area contributed by atoms with Gasteiger partial charge in [0, 0.05) is 17.6 Å². The quantitative estimate of drug-likeness (QED) is 0.805. The van der Waals surface area contributed by atoms with E-state index in [0.29, 0.717) is 17.6 Å². The Morgan fingerprint density at radius 3 is 2.71 bits per heavy atom. The molecule has 1 amide bonds. The highest BCUT2D eigenvalue weighted by Crippen LogP contribution is 2.26. The molecule has 0 bridgehead atoms. The van der Waals surface area contributed by atoms with E-state index in [1.807, 2.05) is 30.5 Å². The molecule has 0 unspecified atom stereocenters. The molecular weight excluding hydrogens is 326 g/mol. The molecular formula is C17H22ClN5O. The van der Waals surface area contributed by atoms with Crippen LogP contribution in [0.15, 0.2) is 30.5 Å². The molecule has 1 aliphatic rings. The van der Waals surface area contributed by atoms with Gasteiger partial charge >= 0.3 is 0 Å². The molecule has 1 aliphatic carbocycles. The van der Waals surface area contributed by atoms with E-state index in [-0.39, 0.29) is 18.0 Å². The second kappa shape index (κ2) is 6.91. The van der Waals surface area contributed by atoms with Crippen molar-refractivity contribution in [1.82, 2.24) is 25.6 Å². The molecule has 128 valence electrons. The lowest BCUT2D eigenvalue weighted by molar-refractivity contribution is -0.122. The first-order valence-electron chi connectivity index (χ1n) is 8.12. The van der Waals surface area contributed by atoms with Gasteiger partial charge in [-0.1, -0.05) is 28.9 Å². The van der Waals surface area contributed by atoms with Crippen LogP contribution >= 0.6 is 11.6 Å². The molecule has 2 N–H and O–H groups in total. The van der Waals surface area contributed by atoms with Crippen molar-refractivity contribution in [3.8, 4) is 0 Å². The Labute approximate surface area is 146 Å². The average Bonchev–Trinajstić information content (AvgIpc) is 3.20. The van der Waals surface area contributed by atoms with Crippen molar-refractivity contribution < 1.29 is 4.79 Å². The van der Waals surface area contributed by atoms with Crippen LogP contribution < -0.4 is 10.6 Å². The zero-order valence-electron chi connectivity index (χ0n) is 13.9. The summed E-state index contributed by atoms with van der Waals surface area (Å²) in [4.78, 5) is 12.1. The minimum absolute atomic E-state index is 0.102. The van der Waals surface area contributed by atoms with E-state index in [9.17, 15) is 4.79 Å². The van der Waals surface area contributed by atoms with Gasteiger partial charge in [0.25, 0.3) is 0 Å². The Morgan fingerprint density at radius 1 is 1.33 bits per heavy atom. The monoisotopic (exact) mass is 347 g/mol. The molecule has 1 aromatic carbocycles. The number of hydrogen-bond acceptors (Lipinski definition) is 4. The van der Waals surface area contributed by atoms with E-state index in [0.717, 1.165) is 11.3 Å². The van der Waals surface area contributed by atoms with Crippen LogP contribution in [0.1, 0.15) is 37.9 Å². The Bertz CT molecular complexity index is 706. The molecule has 0 saturated heterocycles. The topological polar surface area (TPSA) is 71.8 Å². The number of nitrogens with one attached hydrogen (secondary N) is 2. The zero-order chi connectivity index (χ0) is 17.2. The summed E-state index contributed by atoms with van der Waals surface area (Å²) in [7, 11) is 0. The highest BCUT2D eigenvalue weighted by molar-refractivity contribution is 6.30. The van der Waals surface area contributed by atoms with E-state index < -0.39 is 0 Å². The Kier molecular flexibility index (Phi) is 4.87. The summed E-state index contributed by atoms with van der Waals surface area (Å²) in [5.41, 5.74) is 1.61. The fraction of sp³-hybridized carbons (Fsp3) is 0.471. The second-order valence-corrected chi connectivity index (χ2v) is 7.18. The molecule has 0 spiro atoms. The molecule has 1 aromatic heterocycles. The van der Waals surface area contributed by atoms with E-state index in [2.05, 4.69) is 34.8 Å². The molecule has 0 atom stereocenters. The summed E-state index contributed by atoms with van der Waals surface area (Å²) in [5.74, 6) is -0.102. The van der Waals surface area contributed by atoms with Crippen molar-refractivity contribution in [3.05, 3.63) is 46.7 Å². The average molecular weight is 348 g/mol. The second-order valence-electron chi connectivity index (χ2n) is 6.75. The van der Waals surface area contributed by atoms with E-state index in [1.54, 1.807) is 4.68 Å². The molecule has 6 nitrogen and oxygen atoms in total. The van der Waals surface area contributed by atoms with Gasteiger partial charge < -0.3 is 10.6 Å². The SMILES string of the molecule is CC(C)(NC1CC1)c1cn(CC(=O)NCc2ccc(Cl)cc2)nn1. The normalized spacial score (nSPS) is 14.6. The van der Waals surface area contributed by atoms with Crippen molar-refractivity contribution in [1.29, 1.82) is 0 Å². The van der Waals surface area contributed by atoms with Gasteiger partial charge in [0.2, 0.25) is 5.91 Å². The maximum Gasteiger partial charge on any atom is 0.242 e. The van der Waals surface area contributed by atoms with Crippen molar-refractivity contribution in [2.45, 2.75) is 51.4 Å². The van der Waals surface area contributed by atoms with Gasteiger partial charge in [-0.05, 0) is 44.4 Å². The van der Waals surface area contributed by atoms with Crippen LogP contribution in [0.2, 0.25) is 5.02 Å². The first-order chi connectivity index (χ1) is 11.4. The summed E-state index contributed by atoms with van der Waals surface area (Å²) in [6.45, 7) is 4.78. The van der Waals surface area contributed by atoms with Crippen molar-refractivity contribution in [3.63, 3.8) is 0 Å². The van der Waals surface area contributed by atoms with E-state index in [1.165, 1.54) is 12.8 Å². The van der Waals surface area contributed by atoms with Crippen LogP contribution in [0.3, 0.4) is 0 Å². The molecule has 0 aliphatic heterocycles. The lowest BCUT2D eigenvalue weighted by Gasteiger charge is -2.23. The molecule has 2 aromatic rings. The molecule has 1 saturated carbocycles. The number of amides is 1. The molecule has 0 radical (unpaired) electrons. The molecule has 3 rings (SSSR count). The number of aromatic nitrogens is 3. The minimum Gasteiger partial charge on any atom is -0.350 e. The van der Waals surface area contributed by atoms with Crippen molar-refractivity contribution in [2.75, 3.05) is 0 Å². The summed E-state index contributed by atoms with van der Waals surface area (Å²) in [6.07, 6.45) is 4.26. The van der Waals surface area contributed by atoms with E-state index in [4.69, 9.17) is 11.6 Å².